The number of carbonyl (C=O) groups excluding carboxylic acids is 2. The van der Waals surface area contributed by atoms with Crippen molar-refractivity contribution in [3.63, 3.8) is 0 Å². The molecule has 0 fully saturated rings. The van der Waals surface area contributed by atoms with Crippen molar-refractivity contribution in [2.45, 2.75) is 13.3 Å². The molecule has 0 saturated heterocycles. The highest BCUT2D eigenvalue weighted by Crippen LogP contribution is 2.23. The molecule has 0 heterocycles. The van der Waals surface area contributed by atoms with Crippen LogP contribution >= 0.6 is 11.6 Å². The molecule has 0 bridgehead atoms. The predicted molar refractivity (Wildman–Crippen MR) is 95.1 cm³/mol. The van der Waals surface area contributed by atoms with Crippen LogP contribution in [0.4, 0.5) is 11.4 Å². The second kappa shape index (κ2) is 8.25. The van der Waals surface area contributed by atoms with Crippen LogP contribution in [-0.4, -0.2) is 23.3 Å². The zero-order valence-electron chi connectivity index (χ0n) is 13.4. The van der Waals surface area contributed by atoms with Gasteiger partial charge < -0.3 is 10.6 Å². The number of hydrogen-bond acceptors (Lipinski definition) is 4. The minimum absolute atomic E-state index is 0.0245. The monoisotopic (exact) mass is 361 g/mol. The summed E-state index contributed by atoms with van der Waals surface area (Å²) in [6, 6.07) is 10.1. The summed E-state index contributed by atoms with van der Waals surface area (Å²) in [5.74, 6) is -0.752. The Morgan fingerprint density at radius 3 is 2.56 bits per heavy atom. The van der Waals surface area contributed by atoms with E-state index < -0.39 is 10.8 Å². The number of halogens is 1. The first-order valence-electron chi connectivity index (χ1n) is 7.56. The van der Waals surface area contributed by atoms with Gasteiger partial charge in [-0.25, -0.2) is 0 Å². The first kappa shape index (κ1) is 18.4. The molecule has 2 rings (SSSR count). The minimum atomic E-state index is -0.591. The number of nitrogens with zero attached hydrogens (tertiary/aromatic N) is 1. The SMILES string of the molecule is CCCNC(=O)c1cccc(NC(=O)c2ccc([N+](=O)[O-])cc2Cl)c1. The molecule has 2 amide bonds. The van der Waals surface area contributed by atoms with Crippen LogP contribution in [0, 0.1) is 10.1 Å². The third-order valence-corrected chi connectivity index (χ3v) is 3.64. The van der Waals surface area contributed by atoms with Gasteiger partial charge in [-0.05, 0) is 30.7 Å². The fourth-order valence-electron chi connectivity index (χ4n) is 2.08. The quantitative estimate of drug-likeness (QED) is 0.605. The lowest BCUT2D eigenvalue weighted by atomic mass is 10.1. The lowest BCUT2D eigenvalue weighted by molar-refractivity contribution is -0.384. The molecule has 8 heteroatoms. The lowest BCUT2D eigenvalue weighted by Crippen LogP contribution is -2.24. The van der Waals surface area contributed by atoms with Crippen LogP contribution in [0.2, 0.25) is 5.02 Å². The zero-order valence-corrected chi connectivity index (χ0v) is 14.2. The average Bonchev–Trinajstić information content (AvgIpc) is 2.59. The smallest absolute Gasteiger partial charge is 0.270 e. The molecule has 0 saturated carbocycles. The van der Waals surface area contributed by atoms with Crippen LogP contribution in [0.25, 0.3) is 0 Å². The van der Waals surface area contributed by atoms with E-state index in [2.05, 4.69) is 10.6 Å². The van der Waals surface area contributed by atoms with Crippen LogP contribution in [-0.2, 0) is 0 Å². The van der Waals surface area contributed by atoms with Crippen LogP contribution in [0.15, 0.2) is 42.5 Å². The molecule has 2 N–H and O–H groups in total. The van der Waals surface area contributed by atoms with Gasteiger partial charge in [0, 0.05) is 29.9 Å². The fourth-order valence-corrected chi connectivity index (χ4v) is 2.34. The van der Waals surface area contributed by atoms with E-state index in [1.165, 1.54) is 12.1 Å². The Hall–Kier alpha value is -2.93. The number of amides is 2. The number of rotatable bonds is 6. The first-order chi connectivity index (χ1) is 11.9. The minimum Gasteiger partial charge on any atom is -0.352 e. The van der Waals surface area contributed by atoms with Gasteiger partial charge in [0.2, 0.25) is 0 Å². The summed E-state index contributed by atoms with van der Waals surface area (Å²) in [5.41, 5.74) is 0.744. The number of hydrogen-bond donors (Lipinski definition) is 2. The summed E-state index contributed by atoms with van der Waals surface area (Å²) < 4.78 is 0. The van der Waals surface area contributed by atoms with E-state index in [1.54, 1.807) is 24.3 Å². The van der Waals surface area contributed by atoms with E-state index in [4.69, 9.17) is 11.6 Å². The summed E-state index contributed by atoms with van der Waals surface area (Å²) in [4.78, 5) is 34.4. The third kappa shape index (κ3) is 4.77. The number of benzene rings is 2. The van der Waals surface area contributed by atoms with Gasteiger partial charge in [0.25, 0.3) is 17.5 Å². The van der Waals surface area contributed by atoms with Crippen molar-refractivity contribution in [3.05, 3.63) is 68.7 Å². The summed E-state index contributed by atoms with van der Waals surface area (Å²) in [5, 5.41) is 16.1. The Morgan fingerprint density at radius 1 is 1.16 bits per heavy atom. The van der Waals surface area contributed by atoms with Crippen molar-refractivity contribution >= 4 is 34.8 Å². The second-order valence-electron chi connectivity index (χ2n) is 5.21. The summed E-state index contributed by atoms with van der Waals surface area (Å²) >= 11 is 5.94. The van der Waals surface area contributed by atoms with Gasteiger partial charge in [-0.2, -0.15) is 0 Å². The maximum Gasteiger partial charge on any atom is 0.270 e. The number of carbonyl (C=O) groups is 2. The summed E-state index contributed by atoms with van der Waals surface area (Å²) in [6.07, 6.45) is 0.820. The van der Waals surface area contributed by atoms with Crippen LogP contribution in [0.5, 0.6) is 0 Å². The molecule has 0 atom stereocenters. The molecule has 0 spiro atoms. The molecule has 25 heavy (non-hydrogen) atoms. The van der Waals surface area contributed by atoms with Crippen LogP contribution in [0.3, 0.4) is 0 Å². The van der Waals surface area contributed by atoms with Crippen LogP contribution in [0.1, 0.15) is 34.1 Å². The van der Waals surface area contributed by atoms with Crippen molar-refractivity contribution in [1.29, 1.82) is 0 Å². The first-order valence-corrected chi connectivity index (χ1v) is 7.93. The lowest BCUT2D eigenvalue weighted by Gasteiger charge is -2.09. The molecule has 2 aromatic rings. The second-order valence-corrected chi connectivity index (χ2v) is 5.62. The summed E-state index contributed by atoms with van der Waals surface area (Å²) in [6.45, 7) is 2.51. The molecule has 130 valence electrons. The van der Waals surface area contributed by atoms with Crippen molar-refractivity contribution in [3.8, 4) is 0 Å². The van der Waals surface area contributed by atoms with Gasteiger partial charge in [-0.3, -0.25) is 19.7 Å². The topological polar surface area (TPSA) is 101 Å². The molecule has 2 aromatic carbocycles. The zero-order chi connectivity index (χ0) is 18.4. The fraction of sp³-hybridized carbons (Fsp3) is 0.176. The number of anilines is 1. The van der Waals surface area contributed by atoms with Gasteiger partial charge in [-0.1, -0.05) is 24.6 Å². The van der Waals surface area contributed by atoms with Crippen molar-refractivity contribution in [2.75, 3.05) is 11.9 Å². The van der Waals surface area contributed by atoms with Crippen molar-refractivity contribution in [1.82, 2.24) is 5.32 Å². The molecule has 0 aromatic heterocycles. The Morgan fingerprint density at radius 2 is 1.92 bits per heavy atom. The molecule has 0 aliphatic rings. The molecular formula is C17H16ClN3O4. The average molecular weight is 362 g/mol. The molecule has 0 aliphatic carbocycles. The Labute approximate surface area is 149 Å². The maximum absolute atomic E-state index is 12.3. The van der Waals surface area contributed by atoms with E-state index >= 15 is 0 Å². The Kier molecular flexibility index (Phi) is 6.08. The van der Waals surface area contributed by atoms with E-state index in [9.17, 15) is 19.7 Å². The van der Waals surface area contributed by atoms with E-state index in [1.807, 2.05) is 6.92 Å². The van der Waals surface area contributed by atoms with Crippen molar-refractivity contribution < 1.29 is 14.5 Å². The van der Waals surface area contributed by atoms with Gasteiger partial charge in [0.1, 0.15) is 0 Å². The molecular weight excluding hydrogens is 346 g/mol. The highest BCUT2D eigenvalue weighted by molar-refractivity contribution is 6.34. The third-order valence-electron chi connectivity index (χ3n) is 3.33. The predicted octanol–water partition coefficient (Wildman–Crippen LogP) is 3.64. The number of nitro benzene ring substituents is 1. The van der Waals surface area contributed by atoms with E-state index in [-0.39, 0.29) is 22.2 Å². The summed E-state index contributed by atoms with van der Waals surface area (Å²) in [7, 11) is 0. The number of non-ortho nitro benzene ring substituents is 1. The van der Waals surface area contributed by atoms with Crippen molar-refractivity contribution in [2.24, 2.45) is 0 Å². The van der Waals surface area contributed by atoms with Gasteiger partial charge in [0.05, 0.1) is 15.5 Å². The highest BCUT2D eigenvalue weighted by Gasteiger charge is 2.15. The van der Waals surface area contributed by atoms with Crippen LogP contribution < -0.4 is 10.6 Å². The van der Waals surface area contributed by atoms with Gasteiger partial charge >= 0.3 is 0 Å². The number of nitro groups is 1. The molecule has 7 nitrogen and oxygen atoms in total. The largest absolute Gasteiger partial charge is 0.352 e. The normalized spacial score (nSPS) is 10.2. The standard InChI is InChI=1S/C17H16ClN3O4/c1-2-8-19-16(22)11-4-3-5-12(9-11)20-17(23)14-7-6-13(21(24)25)10-15(14)18/h3-7,9-10H,2,8H2,1H3,(H,19,22)(H,20,23). The Bertz CT molecular complexity index is 823. The highest BCUT2D eigenvalue weighted by atomic mass is 35.5. The van der Waals surface area contributed by atoms with Gasteiger partial charge in [0.15, 0.2) is 0 Å². The van der Waals surface area contributed by atoms with E-state index in [0.29, 0.717) is 17.8 Å². The molecule has 0 radical (unpaired) electrons. The van der Waals surface area contributed by atoms with Gasteiger partial charge in [-0.15, -0.1) is 0 Å². The number of nitrogens with one attached hydrogen (secondary N) is 2. The Balaban J connectivity index is 2.15. The molecule has 0 aliphatic heterocycles. The van der Waals surface area contributed by atoms with E-state index in [0.717, 1.165) is 12.5 Å². The molecule has 0 unspecified atom stereocenters. The maximum atomic E-state index is 12.3.